The van der Waals surface area contributed by atoms with Crippen LogP contribution in [0.25, 0.3) is 0 Å². The highest BCUT2D eigenvalue weighted by Crippen LogP contribution is 2.33. The number of thioether (sulfide) groups is 1. The summed E-state index contributed by atoms with van der Waals surface area (Å²) in [4.78, 5) is 16.3. The molecule has 1 amide bonds. The van der Waals surface area contributed by atoms with Crippen molar-refractivity contribution in [3.8, 4) is 0 Å². The number of nitrogens with one attached hydrogen (secondary N) is 1. The van der Waals surface area contributed by atoms with E-state index in [2.05, 4.69) is 4.72 Å². The summed E-state index contributed by atoms with van der Waals surface area (Å²) in [5, 5.41) is 1.42. The van der Waals surface area contributed by atoms with Crippen molar-refractivity contribution >= 4 is 56.1 Å². The van der Waals surface area contributed by atoms with E-state index >= 15 is 0 Å². The normalized spacial score (nSPS) is 12.1. The fraction of sp³-hybridized carbons (Fsp3) is 0.115. The number of thiophene rings is 1. The molecule has 174 valence electrons. The molecule has 8 heteroatoms. The van der Waals surface area contributed by atoms with E-state index in [-0.39, 0.29) is 15.4 Å². The maximum atomic E-state index is 13.7. The first kappa shape index (κ1) is 24.1. The van der Waals surface area contributed by atoms with Gasteiger partial charge in [0.25, 0.3) is 10.0 Å². The van der Waals surface area contributed by atoms with E-state index < -0.39 is 10.0 Å². The number of sulfonamides is 1. The number of rotatable bonds is 9. The molecule has 1 heterocycles. The summed E-state index contributed by atoms with van der Waals surface area (Å²) < 4.78 is 27.8. The van der Waals surface area contributed by atoms with Crippen molar-refractivity contribution in [3.05, 3.63) is 102 Å². The SMILES string of the molecule is CCC(Sc1ccc(NS(=O)(=O)c2cccs2)cc1)C(=O)N(c1ccccc1)c1ccccc1. The van der Waals surface area contributed by atoms with Crippen molar-refractivity contribution in [1.82, 2.24) is 0 Å². The Labute approximate surface area is 208 Å². The zero-order valence-corrected chi connectivity index (χ0v) is 20.9. The minimum atomic E-state index is -3.60. The van der Waals surface area contributed by atoms with E-state index in [1.165, 1.54) is 23.1 Å². The second-order valence-electron chi connectivity index (χ2n) is 7.42. The third-order valence-electron chi connectivity index (χ3n) is 5.04. The smallest absolute Gasteiger partial charge is 0.271 e. The highest BCUT2D eigenvalue weighted by atomic mass is 32.2. The molecule has 0 saturated heterocycles. The highest BCUT2D eigenvalue weighted by molar-refractivity contribution is 8.00. The first-order chi connectivity index (χ1) is 16.5. The van der Waals surface area contributed by atoms with Gasteiger partial charge < -0.3 is 0 Å². The average Bonchev–Trinajstić information content (AvgIpc) is 3.41. The molecule has 4 rings (SSSR count). The molecule has 0 aliphatic carbocycles. The highest BCUT2D eigenvalue weighted by Gasteiger charge is 2.26. The van der Waals surface area contributed by atoms with E-state index in [0.29, 0.717) is 12.1 Å². The van der Waals surface area contributed by atoms with Gasteiger partial charge in [0.2, 0.25) is 5.91 Å². The van der Waals surface area contributed by atoms with Gasteiger partial charge in [-0.05, 0) is 66.4 Å². The predicted octanol–water partition coefficient (Wildman–Crippen LogP) is 6.78. The van der Waals surface area contributed by atoms with Crippen molar-refractivity contribution in [1.29, 1.82) is 0 Å². The summed E-state index contributed by atoms with van der Waals surface area (Å²) in [7, 11) is -3.60. The Morgan fingerprint density at radius 3 is 1.97 bits per heavy atom. The van der Waals surface area contributed by atoms with Gasteiger partial charge in [-0.25, -0.2) is 8.42 Å². The van der Waals surface area contributed by atoms with Crippen LogP contribution in [-0.4, -0.2) is 19.6 Å². The zero-order chi connectivity index (χ0) is 24.0. The predicted molar refractivity (Wildman–Crippen MR) is 142 cm³/mol. The van der Waals surface area contributed by atoms with E-state index in [9.17, 15) is 13.2 Å². The number of carbonyl (C=O) groups excluding carboxylic acids is 1. The molecule has 3 aromatic carbocycles. The van der Waals surface area contributed by atoms with E-state index in [1.807, 2.05) is 79.7 Å². The lowest BCUT2D eigenvalue weighted by atomic mass is 10.2. The zero-order valence-electron chi connectivity index (χ0n) is 18.5. The van der Waals surface area contributed by atoms with Gasteiger partial charge in [-0.15, -0.1) is 23.1 Å². The van der Waals surface area contributed by atoms with Crippen LogP contribution >= 0.6 is 23.1 Å². The molecule has 5 nitrogen and oxygen atoms in total. The van der Waals surface area contributed by atoms with Crippen molar-refractivity contribution in [3.63, 3.8) is 0 Å². The third kappa shape index (κ3) is 5.70. The molecule has 1 unspecified atom stereocenters. The number of hydrogen-bond acceptors (Lipinski definition) is 5. The van der Waals surface area contributed by atoms with Crippen molar-refractivity contribution in [2.24, 2.45) is 0 Å². The van der Waals surface area contributed by atoms with Gasteiger partial charge in [-0.1, -0.05) is 49.4 Å². The first-order valence-electron chi connectivity index (χ1n) is 10.7. The van der Waals surface area contributed by atoms with Crippen LogP contribution in [0, 0.1) is 0 Å². The number of anilines is 3. The van der Waals surface area contributed by atoms with Crippen molar-refractivity contribution in [2.75, 3.05) is 9.62 Å². The summed E-state index contributed by atoms with van der Waals surface area (Å²) in [5.41, 5.74) is 2.11. The van der Waals surface area contributed by atoms with Crippen molar-refractivity contribution < 1.29 is 13.2 Å². The number of benzene rings is 3. The number of para-hydroxylation sites is 2. The number of amides is 1. The summed E-state index contributed by atoms with van der Waals surface area (Å²) >= 11 is 2.64. The van der Waals surface area contributed by atoms with Gasteiger partial charge in [0.1, 0.15) is 4.21 Å². The molecule has 0 aliphatic rings. The summed E-state index contributed by atoms with van der Waals surface area (Å²) in [5.74, 6) is -0.00706. The lowest BCUT2D eigenvalue weighted by molar-refractivity contribution is -0.117. The average molecular weight is 509 g/mol. The van der Waals surface area contributed by atoms with Gasteiger partial charge >= 0.3 is 0 Å². The fourth-order valence-corrected chi connectivity index (χ4v) is 6.44. The van der Waals surface area contributed by atoms with Gasteiger partial charge in [-0.3, -0.25) is 14.4 Å². The molecule has 1 N–H and O–H groups in total. The Hall–Kier alpha value is -3.07. The van der Waals surface area contributed by atoms with Crippen LogP contribution in [-0.2, 0) is 14.8 Å². The number of carbonyl (C=O) groups is 1. The van der Waals surface area contributed by atoms with E-state index in [1.54, 1.807) is 34.5 Å². The molecular formula is C26H24N2O3S3. The molecular weight excluding hydrogens is 484 g/mol. The van der Waals surface area contributed by atoms with Crippen LogP contribution in [0.2, 0.25) is 0 Å². The Balaban J connectivity index is 1.52. The van der Waals surface area contributed by atoms with E-state index in [0.717, 1.165) is 16.3 Å². The molecule has 0 spiro atoms. The molecule has 0 fully saturated rings. The second-order valence-corrected chi connectivity index (χ2v) is 11.6. The lowest BCUT2D eigenvalue weighted by Crippen LogP contribution is -2.34. The summed E-state index contributed by atoms with van der Waals surface area (Å²) in [6, 6.07) is 29.6. The Morgan fingerprint density at radius 1 is 0.882 bits per heavy atom. The topological polar surface area (TPSA) is 66.5 Å². The maximum absolute atomic E-state index is 13.7. The molecule has 1 aromatic heterocycles. The molecule has 1 atom stereocenters. The maximum Gasteiger partial charge on any atom is 0.271 e. The molecule has 34 heavy (non-hydrogen) atoms. The summed E-state index contributed by atoms with van der Waals surface area (Å²) in [6.07, 6.45) is 0.645. The summed E-state index contributed by atoms with van der Waals surface area (Å²) in [6.45, 7) is 1.99. The van der Waals surface area contributed by atoms with Crippen LogP contribution in [0.5, 0.6) is 0 Å². The Bertz CT molecular complexity index is 1270. The largest absolute Gasteiger partial charge is 0.280 e. The monoisotopic (exact) mass is 508 g/mol. The molecule has 0 aliphatic heterocycles. The van der Waals surface area contributed by atoms with Gasteiger partial charge in [0, 0.05) is 22.0 Å². The number of hydrogen-bond donors (Lipinski definition) is 1. The van der Waals surface area contributed by atoms with Crippen LogP contribution in [0.4, 0.5) is 17.1 Å². The fourth-order valence-electron chi connectivity index (χ4n) is 3.40. The van der Waals surface area contributed by atoms with Crippen LogP contribution < -0.4 is 9.62 Å². The molecule has 0 saturated carbocycles. The van der Waals surface area contributed by atoms with E-state index in [4.69, 9.17) is 0 Å². The Morgan fingerprint density at radius 2 is 1.47 bits per heavy atom. The van der Waals surface area contributed by atoms with Crippen molar-refractivity contribution in [2.45, 2.75) is 27.7 Å². The standard InChI is InChI=1S/C26H24N2O3S3/c1-2-24(26(29)28(21-10-5-3-6-11-21)22-12-7-4-8-13-22)33-23-17-15-20(16-18-23)27-34(30,31)25-14-9-19-32-25/h3-19,24,27H,2H2,1H3. The molecule has 0 radical (unpaired) electrons. The van der Waals surface area contributed by atoms with Crippen LogP contribution in [0.1, 0.15) is 13.3 Å². The lowest BCUT2D eigenvalue weighted by Gasteiger charge is -2.27. The van der Waals surface area contributed by atoms with Gasteiger partial charge in [0.15, 0.2) is 0 Å². The Kier molecular flexibility index (Phi) is 7.72. The second kappa shape index (κ2) is 10.9. The van der Waals surface area contributed by atoms with Gasteiger partial charge in [-0.2, -0.15) is 0 Å². The molecule has 0 bridgehead atoms. The van der Waals surface area contributed by atoms with Gasteiger partial charge in [0.05, 0.1) is 5.25 Å². The minimum Gasteiger partial charge on any atom is -0.280 e. The quantitative estimate of drug-likeness (QED) is 0.253. The number of nitrogens with zero attached hydrogens (tertiary/aromatic N) is 1. The van der Waals surface area contributed by atoms with Crippen LogP contribution in [0.3, 0.4) is 0 Å². The minimum absolute atomic E-state index is 0.00706. The third-order valence-corrected chi connectivity index (χ3v) is 9.18. The van der Waals surface area contributed by atoms with Crippen LogP contribution in [0.15, 0.2) is 112 Å². The first-order valence-corrected chi connectivity index (χ1v) is 14.0. The molecule has 4 aromatic rings.